The fourth-order valence-electron chi connectivity index (χ4n) is 3.20. The highest BCUT2D eigenvalue weighted by atomic mass is 79.9. The Balaban J connectivity index is 1.84. The van der Waals surface area contributed by atoms with Crippen molar-refractivity contribution in [1.82, 2.24) is 0 Å². The van der Waals surface area contributed by atoms with E-state index in [0.717, 1.165) is 27.8 Å². The molecule has 0 spiro atoms. The number of carbonyl (C=O) groups excluding carboxylic acids is 1. The maximum absolute atomic E-state index is 12.8. The quantitative estimate of drug-likeness (QED) is 0.418. The zero-order chi connectivity index (χ0) is 19.2. The van der Waals surface area contributed by atoms with Crippen molar-refractivity contribution in [3.8, 4) is 0 Å². The van der Waals surface area contributed by atoms with Crippen LogP contribution in [0.25, 0.3) is 5.57 Å². The number of fused-ring (bicyclic) bond motifs is 1. The van der Waals surface area contributed by atoms with Crippen molar-refractivity contribution < 1.29 is 4.79 Å². The van der Waals surface area contributed by atoms with E-state index < -0.39 is 0 Å². The summed E-state index contributed by atoms with van der Waals surface area (Å²) in [7, 11) is 1.80. The minimum Gasteiger partial charge on any atom is -0.347 e. The molecule has 0 aliphatic carbocycles. The summed E-state index contributed by atoms with van der Waals surface area (Å²) in [6.07, 6.45) is 9.46. The molecule has 2 aromatic rings. The van der Waals surface area contributed by atoms with Crippen molar-refractivity contribution in [2.45, 2.75) is 26.2 Å². The van der Waals surface area contributed by atoms with E-state index in [4.69, 9.17) is 0 Å². The molecule has 1 amide bonds. The van der Waals surface area contributed by atoms with E-state index in [9.17, 15) is 4.79 Å². The first-order valence-corrected chi connectivity index (χ1v) is 10.2. The third kappa shape index (κ3) is 4.69. The molecule has 0 N–H and O–H groups in total. The Morgan fingerprint density at radius 3 is 2.74 bits per heavy atom. The molecule has 0 unspecified atom stereocenters. The highest BCUT2D eigenvalue weighted by Gasteiger charge is 2.17. The van der Waals surface area contributed by atoms with Gasteiger partial charge >= 0.3 is 0 Å². The zero-order valence-corrected chi connectivity index (χ0v) is 17.4. The Labute approximate surface area is 170 Å². The van der Waals surface area contributed by atoms with Gasteiger partial charge in [-0.25, -0.2) is 0 Å². The van der Waals surface area contributed by atoms with Crippen molar-refractivity contribution in [2.75, 3.05) is 23.4 Å². The summed E-state index contributed by atoms with van der Waals surface area (Å²) >= 11 is 3.46. The van der Waals surface area contributed by atoms with Crippen molar-refractivity contribution in [2.24, 2.45) is 0 Å². The summed E-state index contributed by atoms with van der Waals surface area (Å²) in [5, 5.41) is 0. The molecule has 0 radical (unpaired) electrons. The van der Waals surface area contributed by atoms with Gasteiger partial charge in [0.2, 0.25) is 0 Å². The second-order valence-corrected chi connectivity index (χ2v) is 7.63. The summed E-state index contributed by atoms with van der Waals surface area (Å²) in [6.45, 7) is 3.22. The molecule has 0 fully saturated rings. The Morgan fingerprint density at radius 1 is 1.15 bits per heavy atom. The minimum atomic E-state index is -0.0398. The van der Waals surface area contributed by atoms with Crippen LogP contribution in [-0.4, -0.2) is 19.5 Å². The topological polar surface area (TPSA) is 23.6 Å². The van der Waals surface area contributed by atoms with Gasteiger partial charge in [0, 0.05) is 47.3 Å². The molecular weight excluding hydrogens is 400 g/mol. The van der Waals surface area contributed by atoms with E-state index in [1.807, 2.05) is 36.4 Å². The van der Waals surface area contributed by atoms with Gasteiger partial charge in [0.15, 0.2) is 0 Å². The highest BCUT2D eigenvalue weighted by molar-refractivity contribution is 9.10. The molecule has 1 aliphatic rings. The second kappa shape index (κ2) is 9.05. The zero-order valence-electron chi connectivity index (χ0n) is 15.9. The Kier molecular flexibility index (Phi) is 6.51. The monoisotopic (exact) mass is 424 g/mol. The van der Waals surface area contributed by atoms with Gasteiger partial charge in [-0.3, -0.25) is 4.79 Å². The summed E-state index contributed by atoms with van der Waals surface area (Å²) in [5.74, 6) is -0.0398. The van der Waals surface area contributed by atoms with Crippen LogP contribution in [0.4, 0.5) is 11.4 Å². The first kappa shape index (κ1) is 19.4. The van der Waals surface area contributed by atoms with Gasteiger partial charge in [-0.05, 0) is 42.3 Å². The number of likely N-dealkylation sites (N-methyl/N-ethyl adjacent to an activating group) is 1. The van der Waals surface area contributed by atoms with Crippen LogP contribution < -0.4 is 9.80 Å². The van der Waals surface area contributed by atoms with Crippen LogP contribution in [0.1, 0.15) is 31.7 Å². The number of hydrogen-bond donors (Lipinski definition) is 0. The SMILES string of the molecule is CCCCCN1C=C/C(=C\C(=O)N(C)c2cccc(Br)c2)c2ccccc21. The molecular formula is C23H25BrN2O. The van der Waals surface area contributed by atoms with Gasteiger partial charge in [0.25, 0.3) is 5.91 Å². The fraction of sp³-hybridized carbons (Fsp3) is 0.261. The fourth-order valence-corrected chi connectivity index (χ4v) is 3.59. The van der Waals surface area contributed by atoms with Crippen molar-refractivity contribution in [3.05, 3.63) is 76.9 Å². The average molecular weight is 425 g/mol. The predicted octanol–water partition coefficient (Wildman–Crippen LogP) is 6.02. The number of hydrogen-bond acceptors (Lipinski definition) is 2. The first-order valence-electron chi connectivity index (χ1n) is 9.39. The number of halogens is 1. The molecule has 0 saturated carbocycles. The highest BCUT2D eigenvalue weighted by Crippen LogP contribution is 2.33. The van der Waals surface area contributed by atoms with E-state index in [0.29, 0.717) is 0 Å². The van der Waals surface area contributed by atoms with Crippen LogP contribution in [0.3, 0.4) is 0 Å². The standard InChI is InChI=1S/C23H25BrN2O/c1-3-4-7-14-26-15-13-18(21-11-5-6-12-22(21)26)16-23(27)25(2)20-10-8-9-19(24)17-20/h5-6,8-13,15-17H,3-4,7,14H2,1-2H3/b18-16+. The summed E-state index contributed by atoms with van der Waals surface area (Å²) in [4.78, 5) is 16.8. The Hall–Kier alpha value is -2.33. The molecule has 140 valence electrons. The smallest absolute Gasteiger partial charge is 0.251 e. The molecule has 3 nitrogen and oxygen atoms in total. The third-order valence-electron chi connectivity index (χ3n) is 4.77. The second-order valence-electron chi connectivity index (χ2n) is 6.71. The molecule has 27 heavy (non-hydrogen) atoms. The molecule has 1 aliphatic heterocycles. The lowest BCUT2D eigenvalue weighted by atomic mass is 9.99. The Bertz CT molecular complexity index is 872. The molecule has 0 atom stereocenters. The Morgan fingerprint density at radius 2 is 1.96 bits per heavy atom. The van der Waals surface area contributed by atoms with Crippen LogP contribution in [0, 0.1) is 0 Å². The number of para-hydroxylation sites is 1. The van der Waals surface area contributed by atoms with Crippen LogP contribution in [0.5, 0.6) is 0 Å². The third-order valence-corrected chi connectivity index (χ3v) is 5.26. The van der Waals surface area contributed by atoms with Gasteiger partial charge in [0.1, 0.15) is 0 Å². The van der Waals surface area contributed by atoms with Crippen molar-refractivity contribution in [3.63, 3.8) is 0 Å². The molecule has 4 heteroatoms. The van der Waals surface area contributed by atoms with E-state index in [1.165, 1.54) is 24.9 Å². The molecule has 0 saturated heterocycles. The molecule has 0 bridgehead atoms. The van der Waals surface area contributed by atoms with Crippen LogP contribution in [0.2, 0.25) is 0 Å². The summed E-state index contributed by atoms with van der Waals surface area (Å²) in [5.41, 5.74) is 4.08. The molecule has 0 aromatic heterocycles. The lowest BCUT2D eigenvalue weighted by Gasteiger charge is -2.28. The number of nitrogens with zero attached hydrogens (tertiary/aromatic N) is 2. The largest absolute Gasteiger partial charge is 0.347 e. The maximum atomic E-state index is 12.8. The number of unbranched alkanes of at least 4 members (excludes halogenated alkanes) is 2. The predicted molar refractivity (Wildman–Crippen MR) is 118 cm³/mol. The van der Waals surface area contributed by atoms with E-state index in [2.05, 4.69) is 52.2 Å². The summed E-state index contributed by atoms with van der Waals surface area (Å²) in [6, 6.07) is 16.0. The number of rotatable bonds is 6. The van der Waals surface area contributed by atoms with Gasteiger partial charge in [-0.1, -0.05) is 60.0 Å². The minimum absolute atomic E-state index is 0.0398. The first-order chi connectivity index (χ1) is 13.1. The number of amides is 1. The normalized spacial score (nSPS) is 14.3. The van der Waals surface area contributed by atoms with Crippen molar-refractivity contribution in [1.29, 1.82) is 0 Å². The number of allylic oxidation sites excluding steroid dienone is 2. The van der Waals surface area contributed by atoms with Gasteiger partial charge in [-0.15, -0.1) is 0 Å². The molecule has 1 heterocycles. The lowest BCUT2D eigenvalue weighted by Crippen LogP contribution is -2.25. The summed E-state index contributed by atoms with van der Waals surface area (Å²) < 4.78 is 0.956. The van der Waals surface area contributed by atoms with E-state index >= 15 is 0 Å². The molecule has 2 aromatic carbocycles. The number of anilines is 2. The van der Waals surface area contributed by atoms with Crippen LogP contribution >= 0.6 is 15.9 Å². The number of carbonyl (C=O) groups is 1. The number of benzene rings is 2. The van der Waals surface area contributed by atoms with Crippen LogP contribution in [-0.2, 0) is 4.79 Å². The van der Waals surface area contributed by atoms with Crippen molar-refractivity contribution >= 4 is 38.8 Å². The average Bonchev–Trinajstić information content (AvgIpc) is 2.69. The van der Waals surface area contributed by atoms with Gasteiger partial charge < -0.3 is 9.80 Å². The lowest BCUT2D eigenvalue weighted by molar-refractivity contribution is -0.113. The molecule has 3 rings (SSSR count). The van der Waals surface area contributed by atoms with E-state index in [1.54, 1.807) is 18.0 Å². The van der Waals surface area contributed by atoms with E-state index in [-0.39, 0.29) is 5.91 Å². The van der Waals surface area contributed by atoms with Crippen LogP contribution in [0.15, 0.2) is 71.4 Å². The van der Waals surface area contributed by atoms with Gasteiger partial charge in [-0.2, -0.15) is 0 Å². The van der Waals surface area contributed by atoms with Gasteiger partial charge in [0.05, 0.1) is 0 Å². The maximum Gasteiger partial charge on any atom is 0.251 e.